The minimum Gasteiger partial charge on any atom is -0.475 e. The molecule has 2 heterocycles. The van der Waals surface area contributed by atoms with Gasteiger partial charge < -0.3 is 14.0 Å². The first-order chi connectivity index (χ1) is 11.2. The molecule has 23 heavy (non-hydrogen) atoms. The van der Waals surface area contributed by atoms with Crippen LogP contribution < -0.4 is 0 Å². The van der Waals surface area contributed by atoms with E-state index >= 15 is 0 Å². The number of rotatable bonds is 3. The van der Waals surface area contributed by atoms with Crippen LogP contribution >= 0.6 is 0 Å². The van der Waals surface area contributed by atoms with Crippen molar-refractivity contribution in [1.29, 1.82) is 0 Å². The number of fused-ring (bicyclic) bond motifs is 1. The van der Waals surface area contributed by atoms with Gasteiger partial charge in [-0.1, -0.05) is 41.6 Å². The zero-order valence-corrected chi connectivity index (χ0v) is 11.9. The van der Waals surface area contributed by atoms with Gasteiger partial charge in [-0.15, -0.1) is 0 Å². The fraction of sp³-hybridized carbons (Fsp3) is 0. The first-order valence-electron chi connectivity index (χ1n) is 6.99. The maximum absolute atomic E-state index is 10.8. The molecule has 0 saturated carbocycles. The number of aromatic carboxylic acids is 1. The summed E-state index contributed by atoms with van der Waals surface area (Å²) in [4.78, 5) is 10.8. The highest BCUT2D eigenvalue weighted by atomic mass is 16.5. The highest BCUT2D eigenvalue weighted by Crippen LogP contribution is 2.30. The summed E-state index contributed by atoms with van der Waals surface area (Å²) in [6, 6.07) is 17.0. The van der Waals surface area contributed by atoms with Gasteiger partial charge >= 0.3 is 5.97 Å². The first-order valence-corrected chi connectivity index (χ1v) is 6.99. The summed E-state index contributed by atoms with van der Waals surface area (Å²) in [5.74, 6) is -1.31. The molecule has 0 amide bonds. The number of hydrogen-bond donors (Lipinski definition) is 1. The van der Waals surface area contributed by atoms with Crippen LogP contribution in [0, 0.1) is 0 Å². The Balaban J connectivity index is 1.73. The van der Waals surface area contributed by atoms with E-state index < -0.39 is 5.97 Å². The van der Waals surface area contributed by atoms with Crippen LogP contribution in [-0.4, -0.2) is 16.2 Å². The van der Waals surface area contributed by atoms with Crippen LogP contribution in [0.3, 0.4) is 0 Å². The lowest BCUT2D eigenvalue weighted by atomic mass is 10.00. The third kappa shape index (κ3) is 2.28. The van der Waals surface area contributed by atoms with E-state index in [1.807, 2.05) is 48.5 Å². The summed E-state index contributed by atoms with van der Waals surface area (Å²) < 4.78 is 10.2. The third-order valence-corrected chi connectivity index (χ3v) is 3.71. The van der Waals surface area contributed by atoms with Gasteiger partial charge in [0.05, 0.1) is 6.26 Å². The second-order valence-electron chi connectivity index (χ2n) is 5.10. The van der Waals surface area contributed by atoms with Gasteiger partial charge in [0.1, 0.15) is 11.3 Å². The Hall–Kier alpha value is -3.34. The lowest BCUT2D eigenvalue weighted by Crippen LogP contribution is -1.91. The summed E-state index contributed by atoms with van der Waals surface area (Å²) >= 11 is 0. The number of hydrogen-bond acceptors (Lipinski definition) is 4. The molecule has 2 aromatic carbocycles. The summed E-state index contributed by atoms with van der Waals surface area (Å²) in [6.45, 7) is 0. The van der Waals surface area contributed by atoms with Gasteiger partial charge in [0.2, 0.25) is 5.76 Å². The highest BCUT2D eigenvalue weighted by Gasteiger charge is 2.12. The Kier molecular flexibility index (Phi) is 2.98. The smallest absolute Gasteiger partial charge is 0.374 e. The largest absolute Gasteiger partial charge is 0.475 e. The molecule has 0 aliphatic carbocycles. The summed E-state index contributed by atoms with van der Waals surface area (Å²) in [5, 5.41) is 13.7. The molecule has 0 saturated heterocycles. The van der Waals surface area contributed by atoms with Crippen molar-refractivity contribution in [2.75, 3.05) is 0 Å². The average Bonchev–Trinajstić information content (AvgIpc) is 3.24. The van der Waals surface area contributed by atoms with E-state index in [0.29, 0.717) is 5.69 Å². The number of carboxylic acid groups (broad SMARTS) is 1. The number of carbonyl (C=O) groups is 1. The molecule has 0 radical (unpaired) electrons. The van der Waals surface area contributed by atoms with Crippen LogP contribution in [0.15, 0.2) is 69.8 Å². The average molecular weight is 305 g/mol. The van der Waals surface area contributed by atoms with Crippen molar-refractivity contribution >= 4 is 16.9 Å². The summed E-state index contributed by atoms with van der Waals surface area (Å²) in [5.41, 5.74) is 4.26. The number of furan rings is 1. The van der Waals surface area contributed by atoms with Crippen LogP contribution in [0.25, 0.3) is 33.4 Å². The topological polar surface area (TPSA) is 76.5 Å². The lowest BCUT2D eigenvalue weighted by Gasteiger charge is -2.04. The van der Waals surface area contributed by atoms with Crippen molar-refractivity contribution < 1.29 is 18.8 Å². The monoisotopic (exact) mass is 305 g/mol. The first kappa shape index (κ1) is 13.3. The fourth-order valence-electron chi connectivity index (χ4n) is 2.58. The Bertz CT molecular complexity index is 995. The van der Waals surface area contributed by atoms with E-state index in [0.717, 1.165) is 27.7 Å². The Labute approximate surface area is 130 Å². The van der Waals surface area contributed by atoms with Crippen molar-refractivity contribution in [3.63, 3.8) is 0 Å². The normalized spacial score (nSPS) is 11.0. The quantitative estimate of drug-likeness (QED) is 0.605. The zero-order valence-electron chi connectivity index (χ0n) is 11.9. The Morgan fingerprint density at radius 1 is 1.00 bits per heavy atom. The van der Waals surface area contributed by atoms with Crippen molar-refractivity contribution in [2.45, 2.75) is 0 Å². The van der Waals surface area contributed by atoms with Crippen LogP contribution in [-0.2, 0) is 0 Å². The number of aromatic nitrogens is 1. The van der Waals surface area contributed by atoms with Gasteiger partial charge in [-0.3, -0.25) is 0 Å². The molecular weight excluding hydrogens is 294 g/mol. The number of nitrogens with zero attached hydrogens (tertiary/aromatic N) is 1. The molecular formula is C18H11NO4. The molecule has 0 spiro atoms. The Morgan fingerprint density at radius 3 is 2.52 bits per heavy atom. The van der Waals surface area contributed by atoms with Gasteiger partial charge in [0, 0.05) is 17.0 Å². The minimum absolute atomic E-state index is 0.174. The van der Waals surface area contributed by atoms with Crippen molar-refractivity contribution in [1.82, 2.24) is 5.16 Å². The molecule has 4 rings (SSSR count). The van der Waals surface area contributed by atoms with Gasteiger partial charge in [-0.2, -0.15) is 0 Å². The Morgan fingerprint density at radius 2 is 1.78 bits per heavy atom. The molecule has 0 unspecified atom stereocenters. The molecule has 2 aromatic heterocycles. The summed E-state index contributed by atoms with van der Waals surface area (Å²) in [7, 11) is 0. The van der Waals surface area contributed by atoms with Crippen LogP contribution in [0.5, 0.6) is 0 Å². The van der Waals surface area contributed by atoms with E-state index in [2.05, 4.69) is 5.16 Å². The van der Waals surface area contributed by atoms with Crippen LogP contribution in [0.4, 0.5) is 0 Å². The highest BCUT2D eigenvalue weighted by molar-refractivity contribution is 5.94. The van der Waals surface area contributed by atoms with Crippen molar-refractivity contribution in [2.24, 2.45) is 0 Å². The third-order valence-electron chi connectivity index (χ3n) is 3.71. The molecule has 5 heteroatoms. The van der Waals surface area contributed by atoms with Gasteiger partial charge in [-0.05, 0) is 23.3 Å². The lowest BCUT2D eigenvalue weighted by molar-refractivity contribution is 0.0652. The molecule has 0 fully saturated rings. The van der Waals surface area contributed by atoms with E-state index in [-0.39, 0.29) is 5.76 Å². The molecule has 0 bridgehead atoms. The zero-order chi connectivity index (χ0) is 15.8. The SMILES string of the molecule is O=C(O)c1cc(-c2ccc(-c3cccc4occc34)cc2)no1. The van der Waals surface area contributed by atoms with E-state index in [9.17, 15) is 4.79 Å². The van der Waals surface area contributed by atoms with E-state index in [4.69, 9.17) is 14.0 Å². The van der Waals surface area contributed by atoms with E-state index in [1.54, 1.807) is 6.26 Å². The molecule has 0 atom stereocenters. The molecule has 4 aromatic rings. The van der Waals surface area contributed by atoms with Gasteiger partial charge in [0.25, 0.3) is 0 Å². The van der Waals surface area contributed by atoms with E-state index in [1.165, 1.54) is 6.07 Å². The standard InChI is InChI=1S/C18H11NO4/c20-18(21)17-10-15(19-23-17)12-6-4-11(5-7-12)13-2-1-3-16-14(13)8-9-22-16/h1-10H,(H,20,21). The molecule has 1 N–H and O–H groups in total. The molecule has 0 aliphatic rings. The fourth-order valence-corrected chi connectivity index (χ4v) is 2.58. The molecule has 5 nitrogen and oxygen atoms in total. The molecule has 0 aliphatic heterocycles. The molecule has 112 valence electrons. The second kappa shape index (κ2) is 5.14. The van der Waals surface area contributed by atoms with Crippen molar-refractivity contribution in [3.05, 3.63) is 66.6 Å². The predicted octanol–water partition coefficient (Wildman–Crippen LogP) is 4.45. The van der Waals surface area contributed by atoms with Gasteiger partial charge in [0.15, 0.2) is 0 Å². The van der Waals surface area contributed by atoms with Crippen LogP contribution in [0.2, 0.25) is 0 Å². The van der Waals surface area contributed by atoms with Crippen molar-refractivity contribution in [3.8, 4) is 22.4 Å². The second-order valence-corrected chi connectivity index (χ2v) is 5.10. The maximum atomic E-state index is 10.8. The minimum atomic E-state index is -1.13. The number of carboxylic acids is 1. The number of benzene rings is 2. The van der Waals surface area contributed by atoms with Gasteiger partial charge in [-0.25, -0.2) is 4.79 Å². The maximum Gasteiger partial charge on any atom is 0.374 e. The summed E-state index contributed by atoms with van der Waals surface area (Å²) in [6.07, 6.45) is 1.67. The predicted molar refractivity (Wildman–Crippen MR) is 84.1 cm³/mol. The van der Waals surface area contributed by atoms with Crippen LogP contribution in [0.1, 0.15) is 10.6 Å².